The lowest BCUT2D eigenvalue weighted by atomic mass is 10.0. The summed E-state index contributed by atoms with van der Waals surface area (Å²) in [6, 6.07) is 4.75. The van der Waals surface area contributed by atoms with Gasteiger partial charge in [0.05, 0.1) is 16.6 Å². The normalized spacial score (nSPS) is 17.3. The van der Waals surface area contributed by atoms with Gasteiger partial charge in [-0.1, -0.05) is 35.3 Å². The smallest absolute Gasteiger partial charge is 0.324 e. The number of nitrogens with two attached hydrogens (primary N) is 1. The van der Waals surface area contributed by atoms with Gasteiger partial charge >= 0.3 is 6.18 Å². The Morgan fingerprint density at radius 2 is 1.95 bits per heavy atom. The van der Waals surface area contributed by atoms with Crippen molar-refractivity contribution in [3.8, 4) is 0 Å². The predicted molar refractivity (Wildman–Crippen MR) is 78.7 cm³/mol. The number of hydrogen-bond acceptors (Lipinski definition) is 2. The lowest BCUT2D eigenvalue weighted by Crippen LogP contribution is -2.37. The van der Waals surface area contributed by atoms with E-state index in [2.05, 4.69) is 0 Å². The predicted octanol–water partition coefficient (Wildman–Crippen LogP) is 4.41. The third-order valence-electron chi connectivity index (χ3n) is 3.55. The molecule has 1 aromatic rings. The summed E-state index contributed by atoms with van der Waals surface area (Å²) < 4.78 is 37.6. The molecule has 1 unspecified atom stereocenters. The zero-order valence-electron chi connectivity index (χ0n) is 11.3. The molecule has 7 heteroatoms. The number of nitrogens with zero attached hydrogens (tertiary/aromatic N) is 1. The van der Waals surface area contributed by atoms with E-state index in [0.29, 0.717) is 28.6 Å². The topological polar surface area (TPSA) is 29.3 Å². The van der Waals surface area contributed by atoms with Gasteiger partial charge in [0.15, 0.2) is 0 Å². The van der Waals surface area contributed by atoms with Crippen LogP contribution in [0.2, 0.25) is 10.0 Å². The first-order chi connectivity index (χ1) is 9.78. The van der Waals surface area contributed by atoms with Gasteiger partial charge in [-0.15, -0.1) is 0 Å². The molecule has 2 N–H and O–H groups in total. The molecule has 21 heavy (non-hydrogen) atoms. The van der Waals surface area contributed by atoms with Crippen molar-refractivity contribution in [2.45, 2.75) is 37.5 Å². The Kier molecular flexibility index (Phi) is 5.41. The highest BCUT2D eigenvalue weighted by atomic mass is 35.5. The molecule has 1 fully saturated rings. The van der Waals surface area contributed by atoms with Crippen molar-refractivity contribution < 1.29 is 13.2 Å². The second-order valence-corrected chi connectivity index (χ2v) is 6.14. The molecule has 0 heterocycles. The lowest BCUT2D eigenvalue weighted by molar-refractivity contribution is -0.147. The highest BCUT2D eigenvalue weighted by molar-refractivity contribution is 6.42. The average molecular weight is 341 g/mol. The van der Waals surface area contributed by atoms with E-state index in [1.54, 1.807) is 18.2 Å². The van der Waals surface area contributed by atoms with E-state index < -0.39 is 18.8 Å². The quantitative estimate of drug-likeness (QED) is 0.830. The Morgan fingerprint density at radius 3 is 2.52 bits per heavy atom. The van der Waals surface area contributed by atoms with Crippen molar-refractivity contribution in [2.75, 3.05) is 13.1 Å². The molecular weight excluding hydrogens is 324 g/mol. The molecule has 1 aliphatic carbocycles. The van der Waals surface area contributed by atoms with E-state index in [0.717, 1.165) is 12.8 Å². The first-order valence-electron chi connectivity index (χ1n) is 6.78. The monoisotopic (exact) mass is 340 g/mol. The molecule has 2 nitrogen and oxygen atoms in total. The van der Waals surface area contributed by atoms with Gasteiger partial charge in [-0.3, -0.25) is 4.90 Å². The molecule has 0 amide bonds. The third-order valence-corrected chi connectivity index (χ3v) is 4.39. The summed E-state index contributed by atoms with van der Waals surface area (Å²) in [7, 11) is 0. The van der Waals surface area contributed by atoms with Crippen LogP contribution in [-0.2, 0) is 0 Å². The Bertz CT molecular complexity index is 490. The number of halogens is 5. The van der Waals surface area contributed by atoms with Crippen molar-refractivity contribution in [2.24, 2.45) is 5.73 Å². The molecule has 0 spiro atoms. The minimum Gasteiger partial charge on any atom is -0.324 e. The van der Waals surface area contributed by atoms with Crippen LogP contribution < -0.4 is 5.73 Å². The van der Waals surface area contributed by atoms with Crippen LogP contribution in [0.3, 0.4) is 0 Å². The maximum Gasteiger partial charge on any atom is 0.401 e. The van der Waals surface area contributed by atoms with Gasteiger partial charge in [0.1, 0.15) is 0 Å². The fraction of sp³-hybridized carbons (Fsp3) is 0.571. The van der Waals surface area contributed by atoms with Gasteiger partial charge < -0.3 is 5.73 Å². The van der Waals surface area contributed by atoms with Crippen molar-refractivity contribution in [1.82, 2.24) is 4.90 Å². The van der Waals surface area contributed by atoms with E-state index in [1.807, 2.05) is 0 Å². The highest BCUT2D eigenvalue weighted by Gasteiger charge is 2.37. The fourth-order valence-electron chi connectivity index (χ4n) is 2.33. The summed E-state index contributed by atoms with van der Waals surface area (Å²) in [5.41, 5.74) is 6.72. The number of alkyl halides is 3. The van der Waals surface area contributed by atoms with Crippen LogP contribution in [0.1, 0.15) is 30.9 Å². The second-order valence-electron chi connectivity index (χ2n) is 5.36. The average Bonchev–Trinajstić information content (AvgIpc) is 3.20. The first kappa shape index (κ1) is 16.9. The second kappa shape index (κ2) is 6.73. The van der Waals surface area contributed by atoms with E-state index in [9.17, 15) is 13.2 Å². The molecule has 1 aromatic carbocycles. The van der Waals surface area contributed by atoms with Gasteiger partial charge in [0.2, 0.25) is 0 Å². The summed E-state index contributed by atoms with van der Waals surface area (Å²) in [5, 5.41) is 0.777. The summed E-state index contributed by atoms with van der Waals surface area (Å²) in [6.07, 6.45) is -2.13. The van der Waals surface area contributed by atoms with E-state index in [-0.39, 0.29) is 6.04 Å². The molecule has 1 saturated carbocycles. The largest absolute Gasteiger partial charge is 0.401 e. The van der Waals surface area contributed by atoms with E-state index in [4.69, 9.17) is 28.9 Å². The van der Waals surface area contributed by atoms with Crippen molar-refractivity contribution >= 4 is 23.2 Å². The third kappa shape index (κ3) is 5.02. The molecule has 118 valence electrons. The number of benzene rings is 1. The van der Waals surface area contributed by atoms with Gasteiger partial charge in [-0.2, -0.15) is 13.2 Å². The van der Waals surface area contributed by atoms with Crippen molar-refractivity contribution in [3.05, 3.63) is 33.8 Å². The molecule has 0 aromatic heterocycles. The summed E-state index contributed by atoms with van der Waals surface area (Å²) in [6.45, 7) is -0.581. The lowest BCUT2D eigenvalue weighted by Gasteiger charge is -2.25. The van der Waals surface area contributed by atoms with Crippen LogP contribution in [0.25, 0.3) is 0 Å². The standard InChI is InChI=1S/C14H17Cl2F3N2/c15-11-3-1-2-10(13(11)16)12(20)6-7-21(9-4-5-9)8-14(17,18)19/h1-3,9,12H,4-8,20H2. The Balaban J connectivity index is 1.95. The number of hydrogen-bond donors (Lipinski definition) is 1. The van der Waals surface area contributed by atoms with Crippen LogP contribution in [-0.4, -0.2) is 30.2 Å². The Hall–Kier alpha value is -0.490. The molecule has 0 saturated heterocycles. The first-order valence-corrected chi connectivity index (χ1v) is 7.54. The molecule has 0 aliphatic heterocycles. The van der Waals surface area contributed by atoms with E-state index in [1.165, 1.54) is 4.90 Å². The zero-order valence-corrected chi connectivity index (χ0v) is 12.8. The van der Waals surface area contributed by atoms with Gasteiger partial charge in [-0.05, 0) is 30.9 Å². The van der Waals surface area contributed by atoms with Crippen LogP contribution in [0, 0.1) is 0 Å². The van der Waals surface area contributed by atoms with Crippen LogP contribution >= 0.6 is 23.2 Å². The van der Waals surface area contributed by atoms with Crippen LogP contribution in [0.4, 0.5) is 13.2 Å². The van der Waals surface area contributed by atoms with Crippen molar-refractivity contribution in [3.63, 3.8) is 0 Å². The van der Waals surface area contributed by atoms with Gasteiger partial charge in [0.25, 0.3) is 0 Å². The summed E-state index contributed by atoms with van der Waals surface area (Å²) in [4.78, 5) is 1.46. The summed E-state index contributed by atoms with van der Waals surface area (Å²) >= 11 is 12.0. The zero-order chi connectivity index (χ0) is 15.6. The van der Waals surface area contributed by atoms with Crippen LogP contribution in [0.5, 0.6) is 0 Å². The SMILES string of the molecule is NC(CCN(CC(F)(F)F)C1CC1)c1cccc(Cl)c1Cl. The Morgan fingerprint density at radius 1 is 1.29 bits per heavy atom. The molecule has 1 atom stereocenters. The summed E-state index contributed by atoms with van der Waals surface area (Å²) in [5.74, 6) is 0. The maximum absolute atomic E-state index is 12.5. The maximum atomic E-state index is 12.5. The number of rotatable bonds is 6. The molecule has 0 bridgehead atoms. The molecule has 0 radical (unpaired) electrons. The molecule has 2 rings (SSSR count). The Labute approximate surface area is 132 Å². The minimum atomic E-state index is -4.18. The molecular formula is C14H17Cl2F3N2. The fourth-order valence-corrected chi connectivity index (χ4v) is 2.78. The van der Waals surface area contributed by atoms with Crippen molar-refractivity contribution in [1.29, 1.82) is 0 Å². The van der Waals surface area contributed by atoms with Crippen LogP contribution in [0.15, 0.2) is 18.2 Å². The van der Waals surface area contributed by atoms with Gasteiger partial charge in [-0.25, -0.2) is 0 Å². The van der Waals surface area contributed by atoms with E-state index >= 15 is 0 Å². The van der Waals surface area contributed by atoms with Gasteiger partial charge in [0, 0.05) is 18.6 Å². The highest BCUT2D eigenvalue weighted by Crippen LogP contribution is 2.33. The molecule has 1 aliphatic rings. The minimum absolute atomic E-state index is 0.0358.